The number of hydrogen-bond acceptors (Lipinski definition) is 3. The molecule has 0 spiro atoms. The molecule has 0 unspecified atom stereocenters. The van der Waals surface area contributed by atoms with E-state index in [2.05, 4.69) is 10.4 Å². The molecule has 1 amide bonds. The van der Waals surface area contributed by atoms with Crippen molar-refractivity contribution in [2.45, 2.75) is 20.8 Å². The summed E-state index contributed by atoms with van der Waals surface area (Å²) in [4.78, 5) is 11.8. The fourth-order valence-electron chi connectivity index (χ4n) is 1.11. The highest BCUT2D eigenvalue weighted by Crippen LogP contribution is 2.18. The fraction of sp³-hybridized carbons (Fsp3) is 0.600. The molecule has 0 atom stereocenters. The summed E-state index contributed by atoms with van der Waals surface area (Å²) >= 11 is 0. The fourth-order valence-corrected chi connectivity index (χ4v) is 1.11. The van der Waals surface area contributed by atoms with Crippen LogP contribution in [0.3, 0.4) is 0 Å². The molecule has 84 valence electrons. The molecule has 15 heavy (non-hydrogen) atoms. The second-order valence-electron chi connectivity index (χ2n) is 4.34. The average Bonchev–Trinajstić information content (AvgIpc) is 2.45. The van der Waals surface area contributed by atoms with Crippen LogP contribution >= 0.6 is 0 Å². The first-order valence-electron chi connectivity index (χ1n) is 4.88. The number of aromatic nitrogens is 2. The van der Waals surface area contributed by atoms with Gasteiger partial charge in [0.05, 0.1) is 16.8 Å². The number of anilines is 1. The van der Waals surface area contributed by atoms with Crippen LogP contribution in [0.4, 0.5) is 5.69 Å². The summed E-state index contributed by atoms with van der Waals surface area (Å²) in [6.07, 6.45) is 1.78. The number of nitrogens with two attached hydrogens (primary N) is 1. The Morgan fingerprint density at radius 1 is 1.67 bits per heavy atom. The standard InChI is InChI=1S/C10H18N4O/c1-7-8(5-14(4)13-7)12-9(15)10(2,3)6-11/h5H,6,11H2,1-4H3,(H,12,15). The van der Waals surface area contributed by atoms with Gasteiger partial charge in [0.1, 0.15) is 0 Å². The van der Waals surface area contributed by atoms with E-state index in [4.69, 9.17) is 5.73 Å². The summed E-state index contributed by atoms with van der Waals surface area (Å²) in [6.45, 7) is 5.80. The van der Waals surface area contributed by atoms with Crippen molar-refractivity contribution < 1.29 is 4.79 Å². The molecule has 0 bridgehead atoms. The monoisotopic (exact) mass is 210 g/mol. The van der Waals surface area contributed by atoms with Crippen LogP contribution < -0.4 is 11.1 Å². The number of nitrogens with zero attached hydrogens (tertiary/aromatic N) is 2. The molecular formula is C10H18N4O. The highest BCUT2D eigenvalue weighted by atomic mass is 16.2. The zero-order chi connectivity index (χ0) is 11.6. The molecule has 1 rings (SSSR count). The maximum atomic E-state index is 11.8. The Morgan fingerprint density at radius 3 is 2.67 bits per heavy atom. The molecule has 0 aliphatic heterocycles. The number of carbonyl (C=O) groups excluding carboxylic acids is 1. The molecule has 1 aromatic heterocycles. The molecule has 0 radical (unpaired) electrons. The SMILES string of the molecule is Cc1nn(C)cc1NC(=O)C(C)(C)CN. The van der Waals surface area contributed by atoms with Gasteiger partial charge in [0.25, 0.3) is 0 Å². The minimum Gasteiger partial charge on any atom is -0.329 e. The first-order valence-corrected chi connectivity index (χ1v) is 4.88. The molecule has 3 N–H and O–H groups in total. The number of aryl methyl sites for hydroxylation is 2. The molecule has 0 saturated heterocycles. The van der Waals surface area contributed by atoms with E-state index in [9.17, 15) is 4.79 Å². The Bertz CT molecular complexity index is 367. The van der Waals surface area contributed by atoms with Crippen molar-refractivity contribution >= 4 is 11.6 Å². The lowest BCUT2D eigenvalue weighted by atomic mass is 9.92. The lowest BCUT2D eigenvalue weighted by Gasteiger charge is -2.20. The Hall–Kier alpha value is -1.36. The summed E-state index contributed by atoms with van der Waals surface area (Å²) < 4.78 is 1.67. The molecule has 1 heterocycles. The maximum Gasteiger partial charge on any atom is 0.231 e. The topological polar surface area (TPSA) is 72.9 Å². The van der Waals surface area contributed by atoms with Crippen LogP contribution in [0.2, 0.25) is 0 Å². The van der Waals surface area contributed by atoms with Crippen LogP contribution in [0, 0.1) is 12.3 Å². The third-order valence-electron chi connectivity index (χ3n) is 2.39. The second-order valence-corrected chi connectivity index (χ2v) is 4.34. The molecule has 5 heteroatoms. The van der Waals surface area contributed by atoms with Gasteiger partial charge in [-0.15, -0.1) is 0 Å². The average molecular weight is 210 g/mol. The van der Waals surface area contributed by atoms with Crippen molar-refractivity contribution in [1.29, 1.82) is 0 Å². The normalized spacial score (nSPS) is 11.5. The zero-order valence-corrected chi connectivity index (χ0v) is 9.66. The smallest absolute Gasteiger partial charge is 0.231 e. The van der Waals surface area contributed by atoms with Gasteiger partial charge in [0.2, 0.25) is 5.91 Å². The molecule has 0 aliphatic rings. The van der Waals surface area contributed by atoms with E-state index >= 15 is 0 Å². The number of carbonyl (C=O) groups is 1. The zero-order valence-electron chi connectivity index (χ0n) is 9.66. The number of nitrogens with one attached hydrogen (secondary N) is 1. The summed E-state index contributed by atoms with van der Waals surface area (Å²) in [7, 11) is 1.82. The van der Waals surface area contributed by atoms with Gasteiger partial charge in [-0.1, -0.05) is 0 Å². The highest BCUT2D eigenvalue weighted by Gasteiger charge is 2.26. The molecule has 0 aromatic carbocycles. The van der Waals surface area contributed by atoms with Crippen molar-refractivity contribution in [3.63, 3.8) is 0 Å². The van der Waals surface area contributed by atoms with Gasteiger partial charge < -0.3 is 11.1 Å². The van der Waals surface area contributed by atoms with E-state index < -0.39 is 5.41 Å². The molecule has 1 aromatic rings. The predicted octanol–water partition coefficient (Wildman–Crippen LogP) is 0.652. The van der Waals surface area contributed by atoms with E-state index in [0.717, 1.165) is 11.4 Å². The van der Waals surface area contributed by atoms with Gasteiger partial charge >= 0.3 is 0 Å². The quantitative estimate of drug-likeness (QED) is 0.769. The van der Waals surface area contributed by atoms with Gasteiger partial charge in [-0.25, -0.2) is 0 Å². The second kappa shape index (κ2) is 4.02. The Labute approximate surface area is 89.6 Å². The van der Waals surface area contributed by atoms with Gasteiger partial charge in [0.15, 0.2) is 0 Å². The van der Waals surface area contributed by atoms with E-state index in [1.165, 1.54) is 0 Å². The molecular weight excluding hydrogens is 192 g/mol. The van der Waals surface area contributed by atoms with Gasteiger partial charge in [0, 0.05) is 19.8 Å². The van der Waals surface area contributed by atoms with Crippen molar-refractivity contribution in [2.24, 2.45) is 18.2 Å². The summed E-state index contributed by atoms with van der Waals surface area (Å²) in [6, 6.07) is 0. The Balaban J connectivity index is 2.79. The molecule has 0 fully saturated rings. The van der Waals surface area contributed by atoms with Crippen LogP contribution in [0.15, 0.2) is 6.20 Å². The largest absolute Gasteiger partial charge is 0.329 e. The van der Waals surface area contributed by atoms with Crippen molar-refractivity contribution in [1.82, 2.24) is 9.78 Å². The third-order valence-corrected chi connectivity index (χ3v) is 2.39. The number of rotatable bonds is 3. The summed E-state index contributed by atoms with van der Waals surface area (Å²) in [5.41, 5.74) is 6.51. The predicted molar refractivity (Wildman–Crippen MR) is 59.4 cm³/mol. The van der Waals surface area contributed by atoms with E-state index in [0.29, 0.717) is 6.54 Å². The molecule has 0 saturated carbocycles. The van der Waals surface area contributed by atoms with Crippen LogP contribution in [0.5, 0.6) is 0 Å². The first-order chi connectivity index (χ1) is 6.86. The minimum atomic E-state index is -0.553. The first kappa shape index (κ1) is 11.7. The minimum absolute atomic E-state index is 0.0823. The Morgan fingerprint density at radius 2 is 2.27 bits per heavy atom. The van der Waals surface area contributed by atoms with E-state index in [-0.39, 0.29) is 5.91 Å². The van der Waals surface area contributed by atoms with Gasteiger partial charge in [-0.05, 0) is 20.8 Å². The number of amides is 1. The molecule has 5 nitrogen and oxygen atoms in total. The van der Waals surface area contributed by atoms with Crippen LogP contribution in [-0.4, -0.2) is 22.2 Å². The van der Waals surface area contributed by atoms with Crippen LogP contribution in [-0.2, 0) is 11.8 Å². The van der Waals surface area contributed by atoms with E-state index in [1.54, 1.807) is 10.9 Å². The van der Waals surface area contributed by atoms with Crippen LogP contribution in [0.25, 0.3) is 0 Å². The highest BCUT2D eigenvalue weighted by molar-refractivity contribution is 5.95. The lowest BCUT2D eigenvalue weighted by Crippen LogP contribution is -2.37. The molecule has 0 aliphatic carbocycles. The van der Waals surface area contributed by atoms with Crippen molar-refractivity contribution in [3.05, 3.63) is 11.9 Å². The third kappa shape index (κ3) is 2.56. The van der Waals surface area contributed by atoms with Crippen molar-refractivity contribution in [3.8, 4) is 0 Å². The maximum absolute atomic E-state index is 11.8. The number of hydrogen-bond donors (Lipinski definition) is 2. The Kier molecular flexibility index (Phi) is 3.14. The van der Waals surface area contributed by atoms with Gasteiger partial charge in [-0.2, -0.15) is 5.10 Å². The summed E-state index contributed by atoms with van der Waals surface area (Å²) in [5, 5.41) is 6.96. The van der Waals surface area contributed by atoms with Gasteiger partial charge in [-0.3, -0.25) is 9.48 Å². The van der Waals surface area contributed by atoms with E-state index in [1.807, 2.05) is 27.8 Å². The van der Waals surface area contributed by atoms with Crippen molar-refractivity contribution in [2.75, 3.05) is 11.9 Å². The summed E-state index contributed by atoms with van der Waals surface area (Å²) in [5.74, 6) is -0.0823. The van der Waals surface area contributed by atoms with Crippen LogP contribution in [0.1, 0.15) is 19.5 Å². The lowest BCUT2D eigenvalue weighted by molar-refractivity contribution is -0.123.